The fraction of sp³-hybridized carbons (Fsp3) is 0.571. The molecule has 0 aliphatic carbocycles. The molecule has 1 heterocycles. The summed E-state index contributed by atoms with van der Waals surface area (Å²) < 4.78 is 78.7. The van der Waals surface area contributed by atoms with Crippen molar-refractivity contribution in [3.63, 3.8) is 0 Å². The van der Waals surface area contributed by atoms with Gasteiger partial charge in [0.05, 0.1) is 10.6 Å². The van der Waals surface area contributed by atoms with Crippen molar-refractivity contribution in [3.8, 4) is 0 Å². The summed E-state index contributed by atoms with van der Waals surface area (Å²) in [6.45, 7) is 1.66. The smallest absolute Gasteiger partial charge is 0.314 e. The first-order valence-corrected chi connectivity index (χ1v) is 7.37. The van der Waals surface area contributed by atoms with Gasteiger partial charge >= 0.3 is 6.18 Å². The molecule has 1 atom stereocenters. The monoisotopic (exact) mass is 360 g/mol. The first kappa shape index (κ1) is 18.4. The fourth-order valence-corrected chi connectivity index (χ4v) is 2.88. The Balaban J connectivity index is 2.46. The van der Waals surface area contributed by atoms with Crippen LogP contribution < -0.4 is 5.32 Å². The van der Waals surface area contributed by atoms with E-state index in [0.29, 0.717) is 38.3 Å². The Morgan fingerprint density at radius 3 is 2.30 bits per heavy atom. The van der Waals surface area contributed by atoms with E-state index in [1.807, 2.05) is 0 Å². The van der Waals surface area contributed by atoms with Crippen LogP contribution in [0.4, 0.5) is 26.3 Å². The molecule has 1 aliphatic rings. The zero-order valence-corrected chi connectivity index (χ0v) is 12.7. The number of hydrogen-bond donors (Lipinski definition) is 1. The lowest BCUT2D eigenvalue weighted by molar-refractivity contribution is -0.137. The Bertz CT molecular complexity index is 543. The van der Waals surface area contributed by atoms with Crippen molar-refractivity contribution in [1.82, 2.24) is 10.2 Å². The van der Waals surface area contributed by atoms with Gasteiger partial charge in [0, 0.05) is 44.2 Å². The highest BCUT2D eigenvalue weighted by molar-refractivity contribution is 6.30. The van der Waals surface area contributed by atoms with Crippen molar-refractivity contribution in [2.75, 3.05) is 26.2 Å². The summed E-state index contributed by atoms with van der Waals surface area (Å²) in [6, 6.07) is -0.106. The van der Waals surface area contributed by atoms with Gasteiger partial charge in [-0.25, -0.2) is 13.2 Å². The molecule has 1 saturated heterocycles. The second kappa shape index (κ2) is 7.27. The van der Waals surface area contributed by atoms with Gasteiger partial charge < -0.3 is 5.32 Å². The molecule has 23 heavy (non-hydrogen) atoms. The van der Waals surface area contributed by atoms with Gasteiger partial charge in [0.15, 0.2) is 0 Å². The predicted molar refractivity (Wildman–Crippen MR) is 74.2 cm³/mol. The van der Waals surface area contributed by atoms with Crippen LogP contribution in [0.2, 0.25) is 5.02 Å². The third kappa shape index (κ3) is 4.51. The number of benzene rings is 1. The van der Waals surface area contributed by atoms with Crippen molar-refractivity contribution in [3.05, 3.63) is 34.1 Å². The number of rotatable bonds is 4. The van der Waals surface area contributed by atoms with Gasteiger partial charge in [0.1, 0.15) is 5.82 Å². The molecule has 0 saturated carbocycles. The number of alkyl halides is 5. The highest BCUT2D eigenvalue weighted by atomic mass is 35.5. The van der Waals surface area contributed by atoms with Gasteiger partial charge in [-0.1, -0.05) is 11.6 Å². The minimum atomic E-state index is -4.73. The standard InChI is InChI=1S/C14H15ClF6N2/c15-10-6-8(14(19,20)21)5-9(13(10)18)11(7-12(16)17)23-3-1-22-2-4-23/h5-6,11-12,22H,1-4,7H2/t11-/m1/s1. The minimum absolute atomic E-state index is 0.338. The maximum Gasteiger partial charge on any atom is 0.416 e. The van der Waals surface area contributed by atoms with E-state index in [0.717, 1.165) is 0 Å². The van der Waals surface area contributed by atoms with Gasteiger partial charge in [0.2, 0.25) is 6.43 Å². The maximum atomic E-state index is 14.2. The SMILES string of the molecule is Fc1c(Cl)cc(C(F)(F)F)cc1[C@@H](CC(F)F)N1CCNCC1. The lowest BCUT2D eigenvalue weighted by atomic mass is 9.98. The van der Waals surface area contributed by atoms with Gasteiger partial charge in [-0.2, -0.15) is 13.2 Å². The van der Waals surface area contributed by atoms with Crippen molar-refractivity contribution >= 4 is 11.6 Å². The summed E-state index contributed by atoms with van der Waals surface area (Å²) in [4.78, 5) is 1.55. The van der Waals surface area contributed by atoms with Crippen LogP contribution in [0.25, 0.3) is 0 Å². The summed E-state index contributed by atoms with van der Waals surface area (Å²) in [5.74, 6) is -1.08. The second-order valence-electron chi connectivity index (χ2n) is 5.29. The van der Waals surface area contributed by atoms with E-state index in [1.165, 1.54) is 0 Å². The highest BCUT2D eigenvalue weighted by Crippen LogP contribution is 2.38. The normalized spacial score (nSPS) is 18.4. The second-order valence-corrected chi connectivity index (χ2v) is 5.69. The van der Waals surface area contributed by atoms with Gasteiger partial charge in [0.25, 0.3) is 0 Å². The van der Waals surface area contributed by atoms with E-state index in [9.17, 15) is 26.3 Å². The fourth-order valence-electron chi connectivity index (χ4n) is 2.65. The van der Waals surface area contributed by atoms with Crippen molar-refractivity contribution < 1.29 is 26.3 Å². The van der Waals surface area contributed by atoms with E-state index >= 15 is 0 Å². The number of nitrogens with zero attached hydrogens (tertiary/aromatic N) is 1. The molecule has 0 amide bonds. The van der Waals surface area contributed by atoms with Crippen LogP contribution in [0, 0.1) is 5.82 Å². The Hall–Kier alpha value is -0.990. The third-order valence-corrected chi connectivity index (χ3v) is 4.01. The topological polar surface area (TPSA) is 15.3 Å². The number of piperazine rings is 1. The van der Waals surface area contributed by atoms with Crippen molar-refractivity contribution in [2.24, 2.45) is 0 Å². The Morgan fingerprint density at radius 1 is 1.17 bits per heavy atom. The molecule has 130 valence electrons. The third-order valence-electron chi connectivity index (χ3n) is 3.74. The summed E-state index contributed by atoms with van der Waals surface area (Å²) in [7, 11) is 0. The van der Waals surface area contributed by atoms with Gasteiger partial charge in [-0.05, 0) is 12.1 Å². The summed E-state index contributed by atoms with van der Waals surface area (Å²) >= 11 is 5.55. The average Bonchev–Trinajstić information content (AvgIpc) is 2.47. The van der Waals surface area contributed by atoms with Crippen molar-refractivity contribution in [2.45, 2.75) is 25.1 Å². The lowest BCUT2D eigenvalue weighted by Crippen LogP contribution is -2.45. The van der Waals surface area contributed by atoms with E-state index in [2.05, 4.69) is 5.32 Å². The molecule has 0 aromatic heterocycles. The molecule has 1 N–H and O–H groups in total. The zero-order valence-electron chi connectivity index (χ0n) is 11.9. The van der Waals surface area contributed by atoms with Crippen LogP contribution in [0.3, 0.4) is 0 Å². The van der Waals surface area contributed by atoms with Crippen LogP contribution in [-0.4, -0.2) is 37.5 Å². The molecular weight excluding hydrogens is 346 g/mol. The van der Waals surface area contributed by atoms with Gasteiger partial charge in [-0.3, -0.25) is 4.90 Å². The molecule has 0 bridgehead atoms. The molecule has 1 aromatic rings. The first-order valence-electron chi connectivity index (χ1n) is 6.99. The van der Waals surface area contributed by atoms with Crippen LogP contribution >= 0.6 is 11.6 Å². The average molecular weight is 361 g/mol. The number of hydrogen-bond acceptors (Lipinski definition) is 2. The van der Waals surface area contributed by atoms with E-state index in [4.69, 9.17) is 11.6 Å². The molecule has 0 spiro atoms. The number of halogens is 7. The lowest BCUT2D eigenvalue weighted by Gasteiger charge is -2.35. The molecule has 2 nitrogen and oxygen atoms in total. The molecule has 0 unspecified atom stereocenters. The molecule has 1 aliphatic heterocycles. The quantitative estimate of drug-likeness (QED) is 0.813. The summed E-state index contributed by atoms with van der Waals surface area (Å²) in [5, 5.41) is 2.29. The van der Waals surface area contributed by atoms with Crippen LogP contribution in [0.5, 0.6) is 0 Å². The van der Waals surface area contributed by atoms with E-state index in [-0.39, 0.29) is 0 Å². The number of nitrogens with one attached hydrogen (secondary N) is 1. The Labute approximate surface area is 134 Å². The largest absolute Gasteiger partial charge is 0.416 e. The Morgan fingerprint density at radius 2 is 1.78 bits per heavy atom. The predicted octanol–water partition coefficient (Wildman–Crippen LogP) is 4.10. The van der Waals surface area contributed by atoms with Crippen LogP contribution in [0.15, 0.2) is 12.1 Å². The highest BCUT2D eigenvalue weighted by Gasteiger charge is 2.35. The molecule has 2 rings (SSSR count). The first-order chi connectivity index (χ1) is 10.7. The summed E-state index contributed by atoms with van der Waals surface area (Å²) in [5.41, 5.74) is -1.58. The summed E-state index contributed by atoms with van der Waals surface area (Å²) in [6.07, 6.45) is -8.26. The zero-order chi connectivity index (χ0) is 17.2. The maximum absolute atomic E-state index is 14.2. The van der Waals surface area contributed by atoms with Crippen LogP contribution in [0.1, 0.15) is 23.6 Å². The molecule has 1 aromatic carbocycles. The van der Waals surface area contributed by atoms with Crippen LogP contribution in [-0.2, 0) is 6.18 Å². The van der Waals surface area contributed by atoms with Gasteiger partial charge in [-0.15, -0.1) is 0 Å². The Kier molecular flexibility index (Phi) is 5.80. The van der Waals surface area contributed by atoms with E-state index in [1.54, 1.807) is 4.90 Å². The molecule has 0 radical (unpaired) electrons. The van der Waals surface area contributed by atoms with E-state index < -0.39 is 47.0 Å². The molecular formula is C14H15ClF6N2. The molecule has 9 heteroatoms. The van der Waals surface area contributed by atoms with Crippen molar-refractivity contribution in [1.29, 1.82) is 0 Å². The minimum Gasteiger partial charge on any atom is -0.314 e. The molecule has 1 fully saturated rings.